The second-order valence-corrected chi connectivity index (χ2v) is 9.23. The van der Waals surface area contributed by atoms with Gasteiger partial charge in [0, 0.05) is 35.4 Å². The van der Waals surface area contributed by atoms with Crippen molar-refractivity contribution in [2.75, 3.05) is 6.54 Å². The highest BCUT2D eigenvalue weighted by molar-refractivity contribution is 6.16. The third-order valence-corrected chi connectivity index (χ3v) is 6.58. The van der Waals surface area contributed by atoms with Crippen molar-refractivity contribution in [1.29, 1.82) is 0 Å². The topological polar surface area (TPSA) is 150 Å². The van der Waals surface area contributed by atoms with Crippen LogP contribution >= 0.6 is 0 Å². The molecule has 1 aliphatic heterocycles. The molecule has 1 saturated heterocycles. The van der Waals surface area contributed by atoms with Gasteiger partial charge < -0.3 is 10.6 Å². The number of Topliss-reactive ketones (excluding diaryl/α,β-unsaturated/α-hetero) is 1. The molecule has 2 N–H and O–H groups in total. The monoisotopic (exact) mass is 526 g/mol. The van der Waals surface area contributed by atoms with Crippen molar-refractivity contribution in [1.82, 2.24) is 4.90 Å². The number of benzene rings is 3. The Hall–Kier alpha value is -4.96. The van der Waals surface area contributed by atoms with E-state index in [2.05, 4.69) is 0 Å². The Morgan fingerprint density at radius 3 is 1.95 bits per heavy atom. The molecule has 4 rings (SSSR count). The smallest absolute Gasteiger partial charge is 0.269 e. The number of nitro benzene ring substituents is 2. The highest BCUT2D eigenvalue weighted by Crippen LogP contribution is 2.29. The highest BCUT2D eigenvalue weighted by atomic mass is 16.6. The maximum atomic E-state index is 13.6. The average molecular weight is 527 g/mol. The summed E-state index contributed by atoms with van der Waals surface area (Å²) in [6.45, 7) is 1.75. The number of nitro groups is 2. The largest absolute Gasteiger partial charge is 0.330 e. The van der Waals surface area contributed by atoms with Crippen molar-refractivity contribution in [3.8, 4) is 0 Å². The van der Waals surface area contributed by atoms with Crippen molar-refractivity contribution < 1.29 is 19.4 Å². The molecule has 1 amide bonds. The molecule has 3 aromatic rings. The van der Waals surface area contributed by atoms with Crippen molar-refractivity contribution in [3.63, 3.8) is 0 Å². The van der Waals surface area contributed by atoms with Crippen LogP contribution in [0.5, 0.6) is 0 Å². The van der Waals surface area contributed by atoms with Crippen LogP contribution < -0.4 is 5.73 Å². The number of amides is 1. The average Bonchev–Trinajstić information content (AvgIpc) is 2.93. The van der Waals surface area contributed by atoms with Crippen LogP contribution in [0.25, 0.3) is 12.2 Å². The van der Waals surface area contributed by atoms with Gasteiger partial charge in [0.05, 0.1) is 28.5 Å². The Labute approximate surface area is 224 Å². The fourth-order valence-corrected chi connectivity index (χ4v) is 4.43. The Balaban J connectivity index is 1.70. The van der Waals surface area contributed by atoms with Crippen LogP contribution in [-0.4, -0.2) is 45.1 Å². The van der Waals surface area contributed by atoms with Crippen LogP contribution in [0.3, 0.4) is 0 Å². The van der Waals surface area contributed by atoms with Crippen molar-refractivity contribution in [2.24, 2.45) is 5.73 Å². The van der Waals surface area contributed by atoms with E-state index >= 15 is 0 Å². The van der Waals surface area contributed by atoms with Gasteiger partial charge in [-0.3, -0.25) is 29.8 Å². The van der Waals surface area contributed by atoms with Crippen LogP contribution in [0.2, 0.25) is 0 Å². The molecule has 198 valence electrons. The van der Waals surface area contributed by atoms with E-state index in [9.17, 15) is 29.8 Å². The minimum Gasteiger partial charge on any atom is -0.330 e. The third kappa shape index (κ3) is 6.31. The molecule has 1 heterocycles. The molecular formula is C29H26N4O6. The third-order valence-electron chi connectivity index (χ3n) is 6.58. The van der Waals surface area contributed by atoms with Crippen molar-refractivity contribution in [3.05, 3.63) is 127 Å². The van der Waals surface area contributed by atoms with Crippen LogP contribution in [0, 0.1) is 20.2 Å². The fraction of sp³-hybridized carbons (Fsp3) is 0.172. The van der Waals surface area contributed by atoms with Gasteiger partial charge in [-0.15, -0.1) is 0 Å². The molecule has 0 saturated carbocycles. The lowest BCUT2D eigenvalue weighted by molar-refractivity contribution is -0.385. The molecule has 10 heteroatoms. The molecule has 0 aliphatic carbocycles. The first-order valence-electron chi connectivity index (χ1n) is 12.2. The number of hydrogen-bond donors (Lipinski definition) is 1. The molecule has 3 aromatic carbocycles. The molecule has 39 heavy (non-hydrogen) atoms. The summed E-state index contributed by atoms with van der Waals surface area (Å²) in [5.41, 5.74) is 8.83. The number of likely N-dealkylation sites (tertiary alicyclic amines) is 1. The maximum absolute atomic E-state index is 13.6. The molecule has 0 spiro atoms. The molecule has 1 aliphatic rings. The minimum absolute atomic E-state index is 0.00983. The summed E-state index contributed by atoms with van der Waals surface area (Å²) in [5, 5.41) is 22.0. The van der Waals surface area contributed by atoms with Gasteiger partial charge in [0.2, 0.25) is 5.91 Å². The molecule has 10 nitrogen and oxygen atoms in total. The first-order valence-corrected chi connectivity index (χ1v) is 12.2. The standard InChI is InChI=1S/C29H26N4O6/c1-19-26(16-22-9-13-25(14-10-22)33(38)39)28(34)23(15-21-7-11-24(12-8-21)32(36)37)18-31(19)29(35)27(30)17-20-5-3-2-4-6-20/h2-16,19,27H,17-18,30H2,1H3/b23-15+,26-16+/t19-,27-/m0/s1. The number of piperidine rings is 1. The summed E-state index contributed by atoms with van der Waals surface area (Å²) in [6, 6.07) is 19.4. The maximum Gasteiger partial charge on any atom is 0.269 e. The first-order chi connectivity index (χ1) is 18.6. The lowest BCUT2D eigenvalue weighted by Gasteiger charge is -2.37. The summed E-state index contributed by atoms with van der Waals surface area (Å²) < 4.78 is 0. The molecule has 2 atom stereocenters. The van der Waals surface area contributed by atoms with Gasteiger partial charge in [0.1, 0.15) is 0 Å². The Bertz CT molecular complexity index is 1460. The summed E-state index contributed by atoms with van der Waals surface area (Å²) >= 11 is 0. The Morgan fingerprint density at radius 2 is 1.44 bits per heavy atom. The van der Waals surface area contributed by atoms with Gasteiger partial charge in [0.25, 0.3) is 11.4 Å². The van der Waals surface area contributed by atoms with Crippen molar-refractivity contribution in [2.45, 2.75) is 25.4 Å². The predicted molar refractivity (Wildman–Crippen MR) is 146 cm³/mol. The second kappa shape index (κ2) is 11.6. The van der Waals surface area contributed by atoms with E-state index in [0.717, 1.165) is 5.56 Å². The Kier molecular flexibility index (Phi) is 8.07. The zero-order valence-electron chi connectivity index (χ0n) is 21.1. The zero-order chi connectivity index (χ0) is 28.1. The van der Waals surface area contributed by atoms with Gasteiger partial charge in [0.15, 0.2) is 5.78 Å². The normalized spacial score (nSPS) is 18.3. The van der Waals surface area contributed by atoms with E-state index in [1.165, 1.54) is 48.5 Å². The second-order valence-electron chi connectivity index (χ2n) is 9.23. The number of ketones is 1. The zero-order valence-corrected chi connectivity index (χ0v) is 21.1. The van der Waals surface area contributed by atoms with Gasteiger partial charge in [-0.2, -0.15) is 0 Å². The number of carbonyl (C=O) groups excluding carboxylic acids is 2. The quantitative estimate of drug-likeness (QED) is 0.273. The summed E-state index contributed by atoms with van der Waals surface area (Å²) in [4.78, 5) is 49.7. The molecule has 0 unspecified atom stereocenters. The van der Waals surface area contributed by atoms with Gasteiger partial charge in [-0.05, 0) is 66.5 Å². The number of carbonyl (C=O) groups is 2. The molecule has 1 fully saturated rings. The molecule has 0 radical (unpaired) electrons. The number of nitrogens with zero attached hydrogens (tertiary/aromatic N) is 3. The van der Waals surface area contributed by atoms with E-state index in [1.807, 2.05) is 30.3 Å². The number of non-ortho nitro benzene ring substituents is 2. The molecule has 0 bridgehead atoms. The lowest BCUT2D eigenvalue weighted by Crippen LogP contribution is -2.53. The Morgan fingerprint density at radius 1 is 0.923 bits per heavy atom. The minimum atomic E-state index is -0.843. The molecule has 0 aromatic heterocycles. The van der Waals surface area contributed by atoms with Crippen LogP contribution in [-0.2, 0) is 16.0 Å². The number of nitrogens with two attached hydrogens (primary N) is 1. The molecular weight excluding hydrogens is 500 g/mol. The van der Waals surface area contributed by atoms with E-state index in [0.29, 0.717) is 28.7 Å². The van der Waals surface area contributed by atoms with E-state index < -0.39 is 21.9 Å². The van der Waals surface area contributed by atoms with Crippen molar-refractivity contribution >= 4 is 35.2 Å². The lowest BCUT2D eigenvalue weighted by atomic mass is 9.88. The van der Waals surface area contributed by atoms with Crippen LogP contribution in [0.15, 0.2) is 90.0 Å². The van der Waals surface area contributed by atoms with Gasteiger partial charge >= 0.3 is 0 Å². The van der Waals surface area contributed by atoms with Gasteiger partial charge in [-0.1, -0.05) is 30.3 Å². The number of rotatable bonds is 7. The van der Waals surface area contributed by atoms with E-state index in [1.54, 1.807) is 24.0 Å². The fourth-order valence-electron chi connectivity index (χ4n) is 4.43. The first kappa shape index (κ1) is 27.1. The van der Waals surface area contributed by atoms with Crippen LogP contribution in [0.4, 0.5) is 11.4 Å². The summed E-state index contributed by atoms with van der Waals surface area (Å²) in [7, 11) is 0. The number of hydrogen-bond acceptors (Lipinski definition) is 7. The van der Waals surface area contributed by atoms with Gasteiger partial charge in [-0.25, -0.2) is 0 Å². The summed E-state index contributed by atoms with van der Waals surface area (Å²) in [6.07, 6.45) is 3.53. The van der Waals surface area contributed by atoms with E-state index in [4.69, 9.17) is 5.73 Å². The predicted octanol–water partition coefficient (Wildman–Crippen LogP) is 4.34. The SMILES string of the molecule is C[C@H]1/C(=C\c2ccc([N+](=O)[O-])cc2)C(=O)/C(=C/c2ccc([N+](=O)[O-])cc2)CN1C(=O)[C@@H](N)Cc1ccccc1. The highest BCUT2D eigenvalue weighted by Gasteiger charge is 2.36. The summed E-state index contributed by atoms with van der Waals surface area (Å²) in [5.74, 6) is -0.622. The van der Waals surface area contributed by atoms with Crippen LogP contribution in [0.1, 0.15) is 23.6 Å². The van der Waals surface area contributed by atoms with E-state index in [-0.39, 0.29) is 29.6 Å².